The number of carbonyl (C=O) groups is 2. The highest BCUT2D eigenvalue weighted by Gasteiger charge is 2.43. The SMILES string of the molecule is O=C(NCC(N1CCNCC1)C(F)(F)F)c1cccc(C(=O)N2CCCC2)n1. The van der Waals surface area contributed by atoms with Gasteiger partial charge in [-0.3, -0.25) is 14.5 Å². The van der Waals surface area contributed by atoms with Crippen LogP contribution in [0.4, 0.5) is 13.2 Å². The summed E-state index contributed by atoms with van der Waals surface area (Å²) < 4.78 is 40.3. The van der Waals surface area contributed by atoms with Crippen molar-refractivity contribution in [2.75, 3.05) is 45.8 Å². The third-order valence-corrected chi connectivity index (χ3v) is 5.02. The van der Waals surface area contributed by atoms with Gasteiger partial charge in [0.1, 0.15) is 17.4 Å². The van der Waals surface area contributed by atoms with E-state index in [0.29, 0.717) is 26.2 Å². The molecule has 2 aliphatic heterocycles. The first-order chi connectivity index (χ1) is 13.4. The Hall–Kier alpha value is -2.20. The molecular formula is C18H24F3N5O2. The summed E-state index contributed by atoms with van der Waals surface area (Å²) >= 11 is 0. The van der Waals surface area contributed by atoms with E-state index in [0.717, 1.165) is 12.8 Å². The summed E-state index contributed by atoms with van der Waals surface area (Å²) in [6, 6.07) is 2.66. The number of aromatic nitrogens is 1. The molecule has 2 saturated heterocycles. The smallest absolute Gasteiger partial charge is 0.349 e. The van der Waals surface area contributed by atoms with E-state index in [4.69, 9.17) is 0 Å². The molecule has 0 saturated carbocycles. The van der Waals surface area contributed by atoms with Gasteiger partial charge in [0.05, 0.1) is 0 Å². The van der Waals surface area contributed by atoms with Crippen LogP contribution in [0, 0.1) is 0 Å². The minimum absolute atomic E-state index is 0.0636. The van der Waals surface area contributed by atoms with E-state index in [1.807, 2.05) is 0 Å². The molecule has 154 valence electrons. The second-order valence-corrected chi connectivity index (χ2v) is 6.96. The van der Waals surface area contributed by atoms with Crippen molar-refractivity contribution in [1.29, 1.82) is 0 Å². The maximum Gasteiger partial charge on any atom is 0.405 e. The minimum Gasteiger partial charge on any atom is -0.349 e. The Morgan fingerprint density at radius 3 is 2.39 bits per heavy atom. The molecular weight excluding hydrogens is 375 g/mol. The fourth-order valence-electron chi connectivity index (χ4n) is 3.49. The zero-order chi connectivity index (χ0) is 20.1. The lowest BCUT2D eigenvalue weighted by molar-refractivity contribution is -0.183. The van der Waals surface area contributed by atoms with Gasteiger partial charge in [0.25, 0.3) is 11.8 Å². The van der Waals surface area contributed by atoms with Crippen molar-refractivity contribution in [2.24, 2.45) is 0 Å². The Morgan fingerprint density at radius 2 is 1.75 bits per heavy atom. The highest BCUT2D eigenvalue weighted by molar-refractivity contribution is 5.96. The molecule has 2 aliphatic rings. The van der Waals surface area contributed by atoms with Gasteiger partial charge in [-0.15, -0.1) is 0 Å². The second kappa shape index (κ2) is 8.87. The van der Waals surface area contributed by atoms with E-state index >= 15 is 0 Å². The third kappa shape index (κ3) is 4.99. The van der Waals surface area contributed by atoms with E-state index in [9.17, 15) is 22.8 Å². The Bertz CT molecular complexity index is 701. The number of pyridine rings is 1. The summed E-state index contributed by atoms with van der Waals surface area (Å²) in [6.45, 7) is 2.21. The Kier molecular flexibility index (Phi) is 6.50. The van der Waals surface area contributed by atoms with Crippen molar-refractivity contribution < 1.29 is 22.8 Å². The highest BCUT2D eigenvalue weighted by Crippen LogP contribution is 2.24. The van der Waals surface area contributed by atoms with Crippen molar-refractivity contribution in [3.63, 3.8) is 0 Å². The van der Waals surface area contributed by atoms with Gasteiger partial charge in [0, 0.05) is 45.8 Å². The lowest BCUT2D eigenvalue weighted by Gasteiger charge is -2.35. The van der Waals surface area contributed by atoms with Crippen molar-refractivity contribution in [3.8, 4) is 0 Å². The summed E-state index contributed by atoms with van der Waals surface area (Å²) in [7, 11) is 0. The first kappa shape index (κ1) is 20.5. The minimum atomic E-state index is -4.45. The van der Waals surface area contributed by atoms with Crippen LogP contribution >= 0.6 is 0 Å². The number of rotatable bonds is 5. The molecule has 3 heterocycles. The second-order valence-electron chi connectivity index (χ2n) is 6.96. The molecule has 2 N–H and O–H groups in total. The number of piperazine rings is 1. The maximum atomic E-state index is 13.4. The standard InChI is InChI=1S/C18H24F3N5O2/c19-18(20,21)15(25-10-6-22-7-11-25)12-23-16(27)13-4-3-5-14(24-13)17(28)26-8-1-2-9-26/h3-5,15,22H,1-2,6-12H2,(H,23,27). The predicted molar refractivity (Wildman–Crippen MR) is 96.0 cm³/mol. The van der Waals surface area contributed by atoms with Gasteiger partial charge >= 0.3 is 6.18 Å². The molecule has 1 unspecified atom stereocenters. The zero-order valence-corrected chi connectivity index (χ0v) is 15.5. The van der Waals surface area contributed by atoms with Gasteiger partial charge < -0.3 is 15.5 Å². The van der Waals surface area contributed by atoms with Crippen LogP contribution in [0.25, 0.3) is 0 Å². The molecule has 2 amide bonds. The number of carbonyl (C=O) groups excluding carboxylic acids is 2. The van der Waals surface area contributed by atoms with E-state index in [1.54, 1.807) is 4.90 Å². The number of hydrogen-bond donors (Lipinski definition) is 2. The van der Waals surface area contributed by atoms with Crippen LogP contribution in [0.5, 0.6) is 0 Å². The largest absolute Gasteiger partial charge is 0.405 e. The summed E-state index contributed by atoms with van der Waals surface area (Å²) in [4.78, 5) is 31.8. The van der Waals surface area contributed by atoms with Crippen LogP contribution in [-0.4, -0.2) is 84.6 Å². The molecule has 0 bridgehead atoms. The highest BCUT2D eigenvalue weighted by atomic mass is 19.4. The van der Waals surface area contributed by atoms with Crippen LogP contribution in [-0.2, 0) is 0 Å². The lowest BCUT2D eigenvalue weighted by atomic mass is 10.2. The van der Waals surface area contributed by atoms with E-state index in [-0.39, 0.29) is 30.4 Å². The van der Waals surface area contributed by atoms with E-state index in [1.165, 1.54) is 23.1 Å². The molecule has 3 rings (SSSR count). The Balaban J connectivity index is 1.64. The average Bonchev–Trinajstić information content (AvgIpc) is 3.22. The van der Waals surface area contributed by atoms with Crippen LogP contribution in [0.3, 0.4) is 0 Å². The molecule has 0 spiro atoms. The molecule has 1 aromatic heterocycles. The fraction of sp³-hybridized carbons (Fsp3) is 0.611. The number of amides is 2. The van der Waals surface area contributed by atoms with Crippen molar-refractivity contribution in [1.82, 2.24) is 25.4 Å². The van der Waals surface area contributed by atoms with Crippen molar-refractivity contribution >= 4 is 11.8 Å². The Labute approximate surface area is 161 Å². The van der Waals surface area contributed by atoms with Crippen molar-refractivity contribution in [2.45, 2.75) is 25.1 Å². The topological polar surface area (TPSA) is 77.6 Å². The number of alkyl halides is 3. The van der Waals surface area contributed by atoms with Gasteiger partial charge in [-0.1, -0.05) is 6.07 Å². The molecule has 7 nitrogen and oxygen atoms in total. The van der Waals surface area contributed by atoms with Crippen LogP contribution in [0.1, 0.15) is 33.8 Å². The first-order valence-electron chi connectivity index (χ1n) is 9.42. The predicted octanol–water partition coefficient (Wildman–Crippen LogP) is 0.883. The van der Waals surface area contributed by atoms with Crippen molar-refractivity contribution in [3.05, 3.63) is 29.6 Å². The van der Waals surface area contributed by atoms with Gasteiger partial charge in [-0.05, 0) is 25.0 Å². The number of likely N-dealkylation sites (tertiary alicyclic amines) is 1. The number of hydrogen-bond acceptors (Lipinski definition) is 5. The molecule has 0 aromatic carbocycles. The first-order valence-corrected chi connectivity index (χ1v) is 9.42. The van der Waals surface area contributed by atoms with Gasteiger partial charge in [-0.25, -0.2) is 4.98 Å². The fourth-order valence-corrected chi connectivity index (χ4v) is 3.49. The van der Waals surface area contributed by atoms with Gasteiger partial charge in [0.15, 0.2) is 0 Å². The van der Waals surface area contributed by atoms with Gasteiger partial charge in [-0.2, -0.15) is 13.2 Å². The monoisotopic (exact) mass is 399 g/mol. The zero-order valence-electron chi connectivity index (χ0n) is 15.5. The third-order valence-electron chi connectivity index (χ3n) is 5.02. The molecule has 1 aromatic rings. The number of nitrogens with one attached hydrogen (secondary N) is 2. The van der Waals surface area contributed by atoms with E-state index in [2.05, 4.69) is 15.6 Å². The molecule has 2 fully saturated rings. The summed E-state index contributed by atoms with van der Waals surface area (Å²) in [5.41, 5.74) is 0.0651. The number of halogens is 3. The number of nitrogens with zero attached hydrogens (tertiary/aromatic N) is 3. The van der Waals surface area contributed by atoms with Crippen LogP contribution in [0.2, 0.25) is 0 Å². The van der Waals surface area contributed by atoms with Gasteiger partial charge in [0.2, 0.25) is 0 Å². The molecule has 0 aliphatic carbocycles. The van der Waals surface area contributed by atoms with Crippen LogP contribution in [0.15, 0.2) is 18.2 Å². The normalized spacial score (nSPS) is 19.5. The molecule has 1 atom stereocenters. The van der Waals surface area contributed by atoms with E-state index < -0.39 is 24.7 Å². The molecule has 10 heteroatoms. The molecule has 28 heavy (non-hydrogen) atoms. The average molecular weight is 399 g/mol. The Morgan fingerprint density at radius 1 is 1.11 bits per heavy atom. The molecule has 0 radical (unpaired) electrons. The summed E-state index contributed by atoms with van der Waals surface area (Å²) in [5, 5.41) is 5.34. The summed E-state index contributed by atoms with van der Waals surface area (Å²) in [5.74, 6) is -0.985. The quantitative estimate of drug-likeness (QED) is 0.769. The lowest BCUT2D eigenvalue weighted by Crippen LogP contribution is -2.57. The summed E-state index contributed by atoms with van der Waals surface area (Å²) in [6.07, 6.45) is -2.60. The van der Waals surface area contributed by atoms with Crippen LogP contribution < -0.4 is 10.6 Å². The maximum absolute atomic E-state index is 13.4.